The largest absolute Gasteiger partial charge is 0.490 e. The molecule has 3 rings (SSSR count). The molecule has 0 N–H and O–H groups in total. The first-order chi connectivity index (χ1) is 16.0. The van der Waals surface area contributed by atoms with Crippen molar-refractivity contribution in [1.82, 2.24) is 0 Å². The second-order valence-electron chi connectivity index (χ2n) is 12.4. The Labute approximate surface area is 212 Å². The molecule has 1 nitrogen and oxygen atoms in total. The van der Waals surface area contributed by atoms with Crippen molar-refractivity contribution in [3.63, 3.8) is 0 Å². The molecule has 3 unspecified atom stereocenters. The van der Waals surface area contributed by atoms with Gasteiger partial charge in [-0.1, -0.05) is 127 Å². The van der Waals surface area contributed by atoms with Crippen molar-refractivity contribution in [3.05, 3.63) is 54.2 Å². The lowest BCUT2D eigenvalue weighted by Crippen LogP contribution is -2.57. The molecule has 1 fully saturated rings. The second kappa shape index (κ2) is 10.3. The van der Waals surface area contributed by atoms with Crippen LogP contribution in [0.25, 0.3) is 0 Å². The zero-order valence-corrected chi connectivity index (χ0v) is 25.6. The van der Waals surface area contributed by atoms with Crippen LogP contribution in [0.15, 0.2) is 48.6 Å². The van der Waals surface area contributed by atoms with E-state index < -0.39 is 16.1 Å². The van der Waals surface area contributed by atoms with Crippen molar-refractivity contribution < 1.29 is 4.74 Å². The van der Waals surface area contributed by atoms with Crippen LogP contribution < -0.4 is 15.1 Å². The zero-order chi connectivity index (χ0) is 25.3. The molecule has 3 heteroatoms. The van der Waals surface area contributed by atoms with E-state index in [-0.39, 0.29) is 5.04 Å². The Bertz CT molecular complexity index is 943. The first-order valence-corrected chi connectivity index (χ1v) is 19.2. The first kappa shape index (κ1) is 27.3. The lowest BCUT2D eigenvalue weighted by molar-refractivity contribution is 0.368. The lowest BCUT2D eigenvalue weighted by atomic mass is 9.94. The van der Waals surface area contributed by atoms with Crippen LogP contribution in [-0.4, -0.2) is 22.8 Å². The molecule has 0 radical (unpaired) electrons. The van der Waals surface area contributed by atoms with Gasteiger partial charge in [-0.3, -0.25) is 0 Å². The third-order valence-corrected chi connectivity index (χ3v) is 21.2. The van der Waals surface area contributed by atoms with Crippen molar-refractivity contribution in [2.45, 2.75) is 103 Å². The zero-order valence-electron chi connectivity index (χ0n) is 23.6. The Balaban J connectivity index is 2.34. The van der Waals surface area contributed by atoms with E-state index >= 15 is 0 Å². The highest BCUT2D eigenvalue weighted by atomic mass is 28.3. The average molecular weight is 495 g/mol. The maximum absolute atomic E-state index is 6.75. The minimum Gasteiger partial charge on any atom is -0.490 e. The molecule has 0 spiro atoms. The summed E-state index contributed by atoms with van der Waals surface area (Å²) in [7, 11) is -3.72. The first-order valence-electron chi connectivity index (χ1n) is 13.7. The van der Waals surface area contributed by atoms with Crippen LogP contribution in [0.4, 0.5) is 0 Å². The van der Waals surface area contributed by atoms with E-state index in [0.717, 1.165) is 17.4 Å². The standard InChI is InChI=1S/C31H50OSi2/c1-11-19-32-29-27(33(9,10)31(6,7)8)20-23(5)21-28(29)34(13-3,14-4)30-24(12-2)22-25-17-15-16-18-26(25)30/h11,15-16,18,20-21,24-25,30H,1,12-14,17,19,22H2,2-10H3. The molecule has 0 heterocycles. The minimum absolute atomic E-state index is 0.258. The summed E-state index contributed by atoms with van der Waals surface area (Å²) in [5.74, 6) is 2.80. The molecule has 3 atom stereocenters. The van der Waals surface area contributed by atoms with Gasteiger partial charge in [0.1, 0.15) is 12.4 Å². The van der Waals surface area contributed by atoms with Crippen LogP contribution in [0.2, 0.25) is 35.8 Å². The summed E-state index contributed by atoms with van der Waals surface area (Å²) in [6.07, 6.45) is 13.1. The number of aryl methyl sites for hydroxylation is 1. The summed E-state index contributed by atoms with van der Waals surface area (Å²) in [5.41, 5.74) is 3.91. The number of fused-ring (bicyclic) bond motifs is 1. The molecule has 1 saturated carbocycles. The Kier molecular flexibility index (Phi) is 8.30. The maximum atomic E-state index is 6.75. The summed E-state index contributed by atoms with van der Waals surface area (Å²) in [6.45, 7) is 26.7. The van der Waals surface area contributed by atoms with Gasteiger partial charge in [0.2, 0.25) is 0 Å². The van der Waals surface area contributed by atoms with Crippen molar-refractivity contribution in [2.75, 3.05) is 6.61 Å². The van der Waals surface area contributed by atoms with Gasteiger partial charge in [0.25, 0.3) is 0 Å². The number of rotatable bonds is 9. The van der Waals surface area contributed by atoms with Crippen LogP contribution >= 0.6 is 0 Å². The van der Waals surface area contributed by atoms with Crippen LogP contribution in [-0.2, 0) is 0 Å². The van der Waals surface area contributed by atoms with Gasteiger partial charge < -0.3 is 4.74 Å². The molecule has 0 saturated heterocycles. The predicted molar refractivity (Wildman–Crippen MR) is 158 cm³/mol. The van der Waals surface area contributed by atoms with Gasteiger partial charge in [-0.05, 0) is 52.6 Å². The van der Waals surface area contributed by atoms with Crippen LogP contribution in [0.5, 0.6) is 5.75 Å². The molecule has 1 aromatic carbocycles. The van der Waals surface area contributed by atoms with Crippen molar-refractivity contribution in [1.29, 1.82) is 0 Å². The number of hydrogen-bond donors (Lipinski definition) is 0. The highest BCUT2D eigenvalue weighted by Gasteiger charge is 2.52. The Morgan fingerprint density at radius 2 is 1.74 bits per heavy atom. The van der Waals surface area contributed by atoms with Crippen molar-refractivity contribution in [3.8, 4) is 5.75 Å². The molecule has 0 bridgehead atoms. The Morgan fingerprint density at radius 3 is 2.29 bits per heavy atom. The van der Waals surface area contributed by atoms with Crippen LogP contribution in [0, 0.1) is 18.8 Å². The molecule has 0 aromatic heterocycles. The molecule has 2 aliphatic carbocycles. The van der Waals surface area contributed by atoms with E-state index in [0.29, 0.717) is 6.61 Å². The predicted octanol–water partition coefficient (Wildman–Crippen LogP) is 8.27. The van der Waals surface area contributed by atoms with Crippen molar-refractivity contribution in [2.24, 2.45) is 11.8 Å². The van der Waals surface area contributed by atoms with Gasteiger partial charge in [-0.2, -0.15) is 0 Å². The number of allylic oxidation sites excluding steroid dienone is 4. The summed E-state index contributed by atoms with van der Waals surface area (Å²) in [6, 6.07) is 7.58. The van der Waals surface area contributed by atoms with Crippen LogP contribution in [0.3, 0.4) is 0 Å². The lowest BCUT2D eigenvalue weighted by Gasteiger charge is -2.44. The summed E-state index contributed by atoms with van der Waals surface area (Å²) >= 11 is 0. The van der Waals surface area contributed by atoms with E-state index in [9.17, 15) is 0 Å². The molecule has 1 aromatic rings. The van der Waals surface area contributed by atoms with Crippen LogP contribution in [0.1, 0.15) is 66.4 Å². The monoisotopic (exact) mass is 494 g/mol. The minimum atomic E-state index is -1.91. The molecule has 34 heavy (non-hydrogen) atoms. The normalized spacial score (nSPS) is 23.0. The van der Waals surface area contributed by atoms with E-state index in [2.05, 4.69) is 98.5 Å². The SMILES string of the molecule is C=CCOc1c([Si](CC)(CC)C2C3=CC=CCC3CC2CC)cc(C)cc1[Si](C)(C)C(C)(C)C. The third kappa shape index (κ3) is 4.59. The molecule has 0 aliphatic heterocycles. The number of hydrogen-bond acceptors (Lipinski definition) is 1. The molecule has 188 valence electrons. The van der Waals surface area contributed by atoms with E-state index in [1.165, 1.54) is 47.9 Å². The molecular weight excluding hydrogens is 445 g/mol. The average Bonchev–Trinajstić information content (AvgIpc) is 3.18. The fraction of sp³-hybridized carbons (Fsp3) is 0.613. The topological polar surface area (TPSA) is 9.23 Å². The van der Waals surface area contributed by atoms with E-state index in [1.54, 1.807) is 10.8 Å². The summed E-state index contributed by atoms with van der Waals surface area (Å²) in [4.78, 5) is 0. The third-order valence-electron chi connectivity index (χ3n) is 9.78. The van der Waals surface area contributed by atoms with Gasteiger partial charge in [-0.15, -0.1) is 0 Å². The number of ether oxygens (including phenoxy) is 1. The van der Waals surface area contributed by atoms with Gasteiger partial charge in [0, 0.05) is 0 Å². The maximum Gasteiger partial charge on any atom is 0.118 e. The second-order valence-corrected chi connectivity index (χ2v) is 22.6. The summed E-state index contributed by atoms with van der Waals surface area (Å²) in [5, 5.41) is 3.39. The smallest absolute Gasteiger partial charge is 0.118 e. The Morgan fingerprint density at radius 1 is 1.09 bits per heavy atom. The van der Waals surface area contributed by atoms with Gasteiger partial charge in [0.15, 0.2) is 0 Å². The van der Waals surface area contributed by atoms with E-state index in [1.807, 2.05) is 6.08 Å². The fourth-order valence-electron chi connectivity index (χ4n) is 6.78. The van der Waals surface area contributed by atoms with Gasteiger partial charge in [-0.25, -0.2) is 0 Å². The Hall–Kier alpha value is -1.33. The fourth-order valence-corrected chi connectivity index (χ4v) is 15.0. The molecular formula is C31H50OSi2. The molecule has 2 aliphatic rings. The van der Waals surface area contributed by atoms with Gasteiger partial charge >= 0.3 is 0 Å². The highest BCUT2D eigenvalue weighted by molar-refractivity contribution is 6.96. The van der Waals surface area contributed by atoms with E-state index in [4.69, 9.17) is 4.74 Å². The van der Waals surface area contributed by atoms with Crippen molar-refractivity contribution >= 4 is 26.5 Å². The highest BCUT2D eigenvalue weighted by Crippen LogP contribution is 2.56. The molecule has 0 amide bonds. The summed E-state index contributed by atoms with van der Waals surface area (Å²) < 4.78 is 6.75. The quantitative estimate of drug-likeness (QED) is 0.248. The number of benzene rings is 1. The van der Waals surface area contributed by atoms with Gasteiger partial charge in [0.05, 0.1) is 16.1 Å².